The number of fused-ring (bicyclic) bond motifs is 1. The molecule has 0 saturated heterocycles. The van der Waals surface area contributed by atoms with Crippen molar-refractivity contribution >= 4 is 17.7 Å². The number of nitrogens with zero attached hydrogens (tertiary/aromatic N) is 1. The summed E-state index contributed by atoms with van der Waals surface area (Å²) in [7, 11) is 1.63. The van der Waals surface area contributed by atoms with E-state index in [1.807, 2.05) is 25.1 Å². The summed E-state index contributed by atoms with van der Waals surface area (Å²) in [6.45, 7) is 3.08. The van der Waals surface area contributed by atoms with Gasteiger partial charge in [-0.25, -0.2) is 4.98 Å². The first-order valence-corrected chi connectivity index (χ1v) is 9.47. The fourth-order valence-corrected chi connectivity index (χ4v) is 3.62. The minimum Gasteiger partial charge on any atom is -0.497 e. The first-order valence-electron chi connectivity index (χ1n) is 8.31. The number of rotatable bonds is 7. The number of carbonyl (C=O) groups excluding carboxylic acids is 1. The maximum Gasteiger partial charge on any atom is 0.226 e. The number of aromatic nitrogens is 2. The number of H-pyrrole nitrogens is 1. The Bertz CT molecular complexity index is 732. The quantitative estimate of drug-likeness (QED) is 0.740. The highest BCUT2D eigenvalue weighted by molar-refractivity contribution is 7.98. The van der Waals surface area contributed by atoms with Gasteiger partial charge in [-0.15, -0.1) is 0 Å². The van der Waals surface area contributed by atoms with Gasteiger partial charge in [-0.1, -0.05) is 6.07 Å². The second-order valence-corrected chi connectivity index (χ2v) is 7.11. The fourth-order valence-electron chi connectivity index (χ4n) is 2.74. The van der Waals surface area contributed by atoms with Gasteiger partial charge in [0.15, 0.2) is 0 Å². The van der Waals surface area contributed by atoms with Crippen molar-refractivity contribution in [1.29, 1.82) is 0 Å². The van der Waals surface area contributed by atoms with Crippen LogP contribution in [0, 0.1) is 12.8 Å². The normalized spacial score (nSPS) is 16.0. The number of hydrogen-bond acceptors (Lipinski definition) is 5. The van der Waals surface area contributed by atoms with Crippen molar-refractivity contribution in [2.45, 2.75) is 19.1 Å². The average Bonchev–Trinajstić information content (AvgIpc) is 3.05. The first-order chi connectivity index (χ1) is 12.2. The second-order valence-electron chi connectivity index (χ2n) is 6.00. The Hall–Kier alpha value is -2.15. The minimum atomic E-state index is -0.139. The predicted molar refractivity (Wildman–Crippen MR) is 98.2 cm³/mol. The van der Waals surface area contributed by atoms with Gasteiger partial charge in [-0.05, 0) is 25.0 Å². The molecule has 1 aromatic carbocycles. The van der Waals surface area contributed by atoms with Crippen LogP contribution in [0.3, 0.4) is 0 Å². The minimum absolute atomic E-state index is 0.0537. The van der Waals surface area contributed by atoms with E-state index < -0.39 is 0 Å². The number of benzene rings is 1. The molecular weight excluding hydrogens is 338 g/mol. The van der Waals surface area contributed by atoms with Crippen LogP contribution in [0.1, 0.15) is 17.0 Å². The van der Waals surface area contributed by atoms with Crippen LogP contribution in [0.2, 0.25) is 0 Å². The summed E-state index contributed by atoms with van der Waals surface area (Å²) >= 11 is 1.76. The Balaban J connectivity index is 1.40. The summed E-state index contributed by atoms with van der Waals surface area (Å²) in [6.07, 6.45) is 2.41. The van der Waals surface area contributed by atoms with Crippen LogP contribution in [0.15, 0.2) is 24.5 Å². The van der Waals surface area contributed by atoms with Crippen LogP contribution < -0.4 is 14.8 Å². The number of ether oxygens (including phenoxy) is 2. The molecule has 1 aliphatic heterocycles. The van der Waals surface area contributed by atoms with Gasteiger partial charge in [0, 0.05) is 29.8 Å². The highest BCUT2D eigenvalue weighted by Gasteiger charge is 2.26. The third kappa shape index (κ3) is 4.48. The van der Waals surface area contributed by atoms with Gasteiger partial charge >= 0.3 is 0 Å². The SMILES string of the molecule is COc1ccc2c(c1)OC[C@H](C(=O)NCCSCc1nc[nH]c1C)C2. The van der Waals surface area contributed by atoms with Crippen LogP contribution in [0.5, 0.6) is 11.5 Å². The maximum atomic E-state index is 12.3. The molecule has 0 unspecified atom stereocenters. The molecule has 0 saturated carbocycles. The van der Waals surface area contributed by atoms with Crippen LogP contribution >= 0.6 is 11.8 Å². The molecule has 1 amide bonds. The lowest BCUT2D eigenvalue weighted by molar-refractivity contribution is -0.126. The zero-order valence-electron chi connectivity index (χ0n) is 14.5. The Kier molecular flexibility index (Phi) is 5.86. The molecule has 3 rings (SSSR count). The zero-order chi connectivity index (χ0) is 17.6. The van der Waals surface area contributed by atoms with Gasteiger partial charge in [0.25, 0.3) is 0 Å². The number of carbonyl (C=O) groups is 1. The van der Waals surface area contributed by atoms with Crippen molar-refractivity contribution < 1.29 is 14.3 Å². The van der Waals surface area contributed by atoms with E-state index in [1.54, 1.807) is 25.2 Å². The summed E-state index contributed by atoms with van der Waals surface area (Å²) < 4.78 is 10.9. The molecule has 1 aromatic heterocycles. The van der Waals surface area contributed by atoms with E-state index >= 15 is 0 Å². The lowest BCUT2D eigenvalue weighted by Crippen LogP contribution is -2.38. The van der Waals surface area contributed by atoms with Gasteiger partial charge in [0.05, 0.1) is 25.0 Å². The Morgan fingerprint density at radius 3 is 3.16 bits per heavy atom. The molecule has 0 aliphatic carbocycles. The number of amides is 1. The molecule has 0 spiro atoms. The summed E-state index contributed by atoms with van der Waals surface area (Å²) in [6, 6.07) is 5.74. The number of aromatic amines is 1. The number of nitrogens with one attached hydrogen (secondary N) is 2. The molecule has 2 N–H and O–H groups in total. The van der Waals surface area contributed by atoms with E-state index in [0.29, 0.717) is 19.6 Å². The fraction of sp³-hybridized carbons (Fsp3) is 0.444. The number of imidazole rings is 1. The van der Waals surface area contributed by atoms with Gasteiger partial charge in [-0.3, -0.25) is 4.79 Å². The van der Waals surface area contributed by atoms with Gasteiger partial charge in [-0.2, -0.15) is 11.8 Å². The molecule has 2 heterocycles. The van der Waals surface area contributed by atoms with Gasteiger partial charge in [0.1, 0.15) is 18.1 Å². The molecule has 25 heavy (non-hydrogen) atoms. The lowest BCUT2D eigenvalue weighted by atomic mass is 9.96. The third-order valence-corrected chi connectivity index (χ3v) is 5.24. The van der Waals surface area contributed by atoms with Gasteiger partial charge < -0.3 is 19.8 Å². The predicted octanol–water partition coefficient (Wildman–Crippen LogP) is 2.33. The molecular formula is C18H23N3O3S. The molecule has 0 fully saturated rings. The largest absolute Gasteiger partial charge is 0.497 e. The molecule has 134 valence electrons. The van der Waals surface area contributed by atoms with E-state index in [2.05, 4.69) is 15.3 Å². The van der Waals surface area contributed by atoms with Crippen LogP contribution in [0.25, 0.3) is 0 Å². The Morgan fingerprint density at radius 1 is 1.52 bits per heavy atom. The summed E-state index contributed by atoms with van der Waals surface area (Å²) in [5.41, 5.74) is 3.23. The number of hydrogen-bond donors (Lipinski definition) is 2. The Labute approximate surface area is 151 Å². The summed E-state index contributed by atoms with van der Waals surface area (Å²) in [4.78, 5) is 19.7. The van der Waals surface area contributed by atoms with Crippen LogP contribution in [-0.4, -0.2) is 41.9 Å². The van der Waals surface area contributed by atoms with Crippen molar-refractivity contribution in [3.05, 3.63) is 41.5 Å². The van der Waals surface area contributed by atoms with Crippen molar-refractivity contribution in [3.63, 3.8) is 0 Å². The maximum absolute atomic E-state index is 12.3. The van der Waals surface area contributed by atoms with E-state index in [-0.39, 0.29) is 11.8 Å². The molecule has 2 aromatic rings. The summed E-state index contributed by atoms with van der Waals surface area (Å²) in [5.74, 6) is 3.21. The molecule has 7 heteroatoms. The zero-order valence-corrected chi connectivity index (χ0v) is 15.3. The topological polar surface area (TPSA) is 76.2 Å². The number of aryl methyl sites for hydroxylation is 1. The third-order valence-electron chi connectivity index (χ3n) is 4.27. The van der Waals surface area contributed by atoms with Crippen molar-refractivity contribution in [2.24, 2.45) is 5.92 Å². The highest BCUT2D eigenvalue weighted by Crippen LogP contribution is 2.31. The van der Waals surface area contributed by atoms with Crippen molar-refractivity contribution in [1.82, 2.24) is 15.3 Å². The second kappa shape index (κ2) is 8.29. The molecule has 0 radical (unpaired) electrons. The standard InChI is InChI=1S/C18H23N3O3S/c1-12-16(21-11-20-12)10-25-6-5-19-18(22)14-7-13-3-4-15(23-2)8-17(13)24-9-14/h3-4,8,11,14H,5-7,9-10H2,1-2H3,(H,19,22)(H,20,21)/t14-/m1/s1. The lowest BCUT2D eigenvalue weighted by Gasteiger charge is -2.25. The monoisotopic (exact) mass is 361 g/mol. The van der Waals surface area contributed by atoms with Crippen LogP contribution in [0.4, 0.5) is 0 Å². The average molecular weight is 361 g/mol. The van der Waals surface area contributed by atoms with E-state index in [0.717, 1.165) is 40.0 Å². The molecule has 1 aliphatic rings. The molecule has 1 atom stereocenters. The van der Waals surface area contributed by atoms with E-state index in [9.17, 15) is 4.79 Å². The van der Waals surface area contributed by atoms with Crippen molar-refractivity contribution in [3.8, 4) is 11.5 Å². The summed E-state index contributed by atoms with van der Waals surface area (Å²) in [5, 5.41) is 3.01. The van der Waals surface area contributed by atoms with E-state index in [4.69, 9.17) is 9.47 Å². The molecule has 0 bridgehead atoms. The number of thioether (sulfide) groups is 1. The number of methoxy groups -OCH3 is 1. The smallest absolute Gasteiger partial charge is 0.226 e. The Morgan fingerprint density at radius 2 is 2.40 bits per heavy atom. The van der Waals surface area contributed by atoms with E-state index in [1.165, 1.54) is 0 Å². The molecule has 6 nitrogen and oxygen atoms in total. The van der Waals surface area contributed by atoms with Crippen molar-refractivity contribution in [2.75, 3.05) is 26.0 Å². The van der Waals surface area contributed by atoms with Crippen LogP contribution in [-0.2, 0) is 17.0 Å². The first kappa shape index (κ1) is 17.7. The highest BCUT2D eigenvalue weighted by atomic mass is 32.2. The van der Waals surface area contributed by atoms with Gasteiger partial charge in [0.2, 0.25) is 5.91 Å².